The smallest absolute Gasteiger partial charge is 0.253 e. The summed E-state index contributed by atoms with van der Waals surface area (Å²) >= 11 is 0. The number of halogens is 2. The molecular formula is C17H29F2N5O2. The Balaban J connectivity index is 1.76. The molecule has 2 aliphatic heterocycles. The summed E-state index contributed by atoms with van der Waals surface area (Å²) in [5.74, 6) is -1.15. The van der Waals surface area contributed by atoms with Crippen molar-refractivity contribution in [3.05, 3.63) is 0 Å². The average molecular weight is 373 g/mol. The Kier molecular flexibility index (Phi) is 5.67. The van der Waals surface area contributed by atoms with E-state index in [2.05, 4.69) is 29.3 Å². The molecule has 0 radical (unpaired) electrons. The Morgan fingerprint density at radius 2 is 2.04 bits per heavy atom. The number of hydrogen-bond acceptors (Lipinski definition) is 4. The summed E-state index contributed by atoms with van der Waals surface area (Å²) in [5.41, 5.74) is 2.02. The maximum absolute atomic E-state index is 13.4. The van der Waals surface area contributed by atoms with Crippen molar-refractivity contribution < 1.29 is 18.3 Å². The molecule has 2 heterocycles. The molecule has 0 aromatic carbocycles. The fraction of sp³-hybridized carbons (Fsp3) is 0.882. The van der Waals surface area contributed by atoms with Gasteiger partial charge in [-0.1, -0.05) is 6.92 Å². The molecule has 26 heavy (non-hydrogen) atoms. The molecule has 3 aliphatic rings. The van der Waals surface area contributed by atoms with E-state index >= 15 is 0 Å². The molecule has 1 saturated carbocycles. The predicted octanol–water partition coefficient (Wildman–Crippen LogP) is 1.51. The van der Waals surface area contributed by atoms with E-state index in [4.69, 9.17) is 14.5 Å². The lowest BCUT2D eigenvalue weighted by Gasteiger charge is -2.51. The highest BCUT2D eigenvalue weighted by Crippen LogP contribution is 2.49. The van der Waals surface area contributed by atoms with Crippen LogP contribution in [0.5, 0.6) is 0 Å². The van der Waals surface area contributed by atoms with Crippen LogP contribution in [0, 0.1) is 0 Å². The first kappa shape index (κ1) is 19.3. The molecular weight excluding hydrogens is 344 g/mol. The second kappa shape index (κ2) is 7.64. The van der Waals surface area contributed by atoms with E-state index < -0.39 is 11.5 Å². The maximum atomic E-state index is 13.4. The number of hydrazone groups is 1. The van der Waals surface area contributed by atoms with Gasteiger partial charge in [0.1, 0.15) is 5.84 Å². The van der Waals surface area contributed by atoms with Crippen molar-refractivity contribution in [1.82, 2.24) is 15.2 Å². The average Bonchev–Trinajstić information content (AvgIpc) is 2.58. The first-order chi connectivity index (χ1) is 12.4. The van der Waals surface area contributed by atoms with E-state index in [-0.39, 0.29) is 18.9 Å². The van der Waals surface area contributed by atoms with E-state index in [1.807, 2.05) is 4.90 Å². The highest BCUT2D eigenvalue weighted by atomic mass is 19.3. The van der Waals surface area contributed by atoms with Crippen LogP contribution in [-0.4, -0.2) is 85.7 Å². The summed E-state index contributed by atoms with van der Waals surface area (Å²) in [4.78, 5) is 8.99. The first-order valence-electron chi connectivity index (χ1n) is 9.31. The molecule has 9 heteroatoms. The van der Waals surface area contributed by atoms with Gasteiger partial charge in [-0.3, -0.25) is 0 Å². The zero-order chi connectivity index (χ0) is 18.8. The van der Waals surface area contributed by atoms with Gasteiger partial charge in [0.15, 0.2) is 0 Å². The van der Waals surface area contributed by atoms with Crippen LogP contribution in [0.3, 0.4) is 0 Å². The molecule has 1 aliphatic carbocycles. The highest BCUT2D eigenvalue weighted by molar-refractivity contribution is 5.96. The highest BCUT2D eigenvalue weighted by Gasteiger charge is 2.59. The molecule has 7 nitrogen and oxygen atoms in total. The van der Waals surface area contributed by atoms with Crippen molar-refractivity contribution >= 4 is 11.8 Å². The molecule has 0 aromatic rings. The van der Waals surface area contributed by atoms with Crippen LogP contribution in [0.1, 0.15) is 33.1 Å². The Hall–Kier alpha value is -1.48. The van der Waals surface area contributed by atoms with Gasteiger partial charge >= 0.3 is 0 Å². The molecule has 1 N–H and O–H groups in total. The predicted molar refractivity (Wildman–Crippen MR) is 95.6 cm³/mol. The minimum atomic E-state index is -2.62. The molecule has 0 unspecified atom stereocenters. The van der Waals surface area contributed by atoms with Crippen LogP contribution in [0.2, 0.25) is 0 Å². The minimum Gasteiger partial charge on any atom is -0.377 e. The molecule has 0 bridgehead atoms. The molecule has 3 rings (SSSR count). The normalized spacial score (nSPS) is 28.9. The van der Waals surface area contributed by atoms with Crippen molar-refractivity contribution in [2.75, 3.05) is 46.5 Å². The lowest BCUT2D eigenvalue weighted by Crippen LogP contribution is -2.63. The van der Waals surface area contributed by atoms with Gasteiger partial charge in [0.2, 0.25) is 5.96 Å². The Bertz CT molecular complexity index is 561. The number of amidine groups is 1. The third-order valence-corrected chi connectivity index (χ3v) is 5.15. The fourth-order valence-corrected chi connectivity index (χ4v) is 3.96. The second-order valence-corrected chi connectivity index (χ2v) is 7.30. The van der Waals surface area contributed by atoms with Crippen molar-refractivity contribution in [2.45, 2.75) is 50.7 Å². The molecule has 3 fully saturated rings. The number of morpholine rings is 2. The lowest BCUT2D eigenvalue weighted by atomic mass is 9.75. The number of alkyl halides is 2. The third-order valence-electron chi connectivity index (χ3n) is 5.15. The first-order valence-corrected chi connectivity index (χ1v) is 9.31. The Morgan fingerprint density at radius 3 is 2.65 bits per heavy atom. The van der Waals surface area contributed by atoms with E-state index in [1.54, 1.807) is 7.05 Å². The van der Waals surface area contributed by atoms with Crippen LogP contribution in [0.15, 0.2) is 10.1 Å². The molecule has 0 amide bonds. The summed E-state index contributed by atoms with van der Waals surface area (Å²) < 4.78 is 38.0. The van der Waals surface area contributed by atoms with Crippen molar-refractivity contribution in [3.8, 4) is 0 Å². The van der Waals surface area contributed by atoms with Crippen LogP contribution < -0.4 is 5.43 Å². The van der Waals surface area contributed by atoms with E-state index in [0.29, 0.717) is 38.9 Å². The van der Waals surface area contributed by atoms with Crippen molar-refractivity contribution in [3.63, 3.8) is 0 Å². The van der Waals surface area contributed by atoms with E-state index in [9.17, 15) is 8.78 Å². The Labute approximate surface area is 153 Å². The van der Waals surface area contributed by atoms with E-state index in [1.165, 1.54) is 0 Å². The topological polar surface area (TPSA) is 61.7 Å². The van der Waals surface area contributed by atoms with Gasteiger partial charge in [-0.05, 0) is 6.92 Å². The van der Waals surface area contributed by atoms with Crippen molar-refractivity contribution in [1.29, 1.82) is 0 Å². The van der Waals surface area contributed by atoms with Gasteiger partial charge in [-0.15, -0.1) is 5.10 Å². The molecule has 1 spiro atoms. The number of nitrogens with one attached hydrogen (secondary N) is 1. The maximum Gasteiger partial charge on any atom is 0.253 e. The molecule has 1 atom stereocenters. The van der Waals surface area contributed by atoms with Gasteiger partial charge in [0.05, 0.1) is 38.0 Å². The summed E-state index contributed by atoms with van der Waals surface area (Å²) in [6.07, 6.45) is 0.309. The van der Waals surface area contributed by atoms with E-state index in [0.717, 1.165) is 18.8 Å². The van der Waals surface area contributed by atoms with Gasteiger partial charge in [-0.2, -0.15) is 4.99 Å². The van der Waals surface area contributed by atoms with Crippen LogP contribution >= 0.6 is 0 Å². The van der Waals surface area contributed by atoms with Gasteiger partial charge < -0.3 is 24.7 Å². The zero-order valence-corrected chi connectivity index (χ0v) is 15.8. The summed E-state index contributed by atoms with van der Waals surface area (Å²) in [5, 5.41) is 4.32. The molecule has 2 saturated heterocycles. The van der Waals surface area contributed by atoms with Crippen LogP contribution in [0.4, 0.5) is 8.78 Å². The number of rotatable bonds is 2. The quantitative estimate of drug-likeness (QED) is 0.452. The Morgan fingerprint density at radius 1 is 1.27 bits per heavy atom. The zero-order valence-electron chi connectivity index (χ0n) is 15.8. The summed E-state index contributed by atoms with van der Waals surface area (Å²) in [6, 6.07) is 0.250. The number of nitrogens with zero attached hydrogens (tertiary/aromatic N) is 4. The molecule has 0 aromatic heterocycles. The minimum absolute atomic E-state index is 0.228. The van der Waals surface area contributed by atoms with Crippen LogP contribution in [0.25, 0.3) is 0 Å². The van der Waals surface area contributed by atoms with Crippen molar-refractivity contribution in [2.24, 2.45) is 10.1 Å². The SMILES string of the molecule is CCC(=N/C(=N\NC)N1CCOC2(C1)CC(F)(F)C2)N1CCOC[C@@H]1C. The van der Waals surface area contributed by atoms with Gasteiger partial charge in [-0.25, -0.2) is 8.78 Å². The number of aliphatic imine (C=N–C) groups is 1. The van der Waals surface area contributed by atoms with Gasteiger partial charge in [0, 0.05) is 39.4 Å². The largest absolute Gasteiger partial charge is 0.377 e. The lowest BCUT2D eigenvalue weighted by molar-refractivity contribution is -0.245. The summed E-state index contributed by atoms with van der Waals surface area (Å²) in [7, 11) is 1.71. The van der Waals surface area contributed by atoms with Crippen LogP contribution in [-0.2, 0) is 9.47 Å². The second-order valence-electron chi connectivity index (χ2n) is 7.30. The standard InChI is InChI=1S/C17H29F2N5O2/c1-4-14(24-6-7-25-9-13(24)2)21-15(22-20-3)23-5-8-26-16(12-23)10-17(18,19)11-16/h13,20H,4-12H2,1-3H3/b21-14?,22-15+/t13-/m0/s1. The third kappa shape index (κ3) is 4.09. The number of guanidine groups is 1. The number of ether oxygens (including phenoxy) is 2. The molecule has 148 valence electrons. The summed E-state index contributed by atoms with van der Waals surface area (Å²) in [6.45, 7) is 7.70. The van der Waals surface area contributed by atoms with Gasteiger partial charge in [0.25, 0.3) is 5.92 Å². The number of hydrogen-bond donors (Lipinski definition) is 1. The monoisotopic (exact) mass is 373 g/mol. The fourth-order valence-electron chi connectivity index (χ4n) is 3.96.